The number of nitrogens with one attached hydrogen (secondary N) is 1. The Balaban J connectivity index is 2.09. The summed E-state index contributed by atoms with van der Waals surface area (Å²) in [6.45, 7) is 3.63. The molecule has 0 saturated carbocycles. The molecule has 122 valence electrons. The van der Waals surface area contributed by atoms with Gasteiger partial charge in [0.2, 0.25) is 0 Å². The van der Waals surface area contributed by atoms with Crippen molar-refractivity contribution in [3.8, 4) is 5.75 Å². The summed E-state index contributed by atoms with van der Waals surface area (Å²) in [6.07, 6.45) is 0. The molecule has 2 aromatic carbocycles. The lowest BCUT2D eigenvalue weighted by molar-refractivity contribution is -0.385. The summed E-state index contributed by atoms with van der Waals surface area (Å²) >= 11 is 0. The van der Waals surface area contributed by atoms with E-state index in [4.69, 9.17) is 4.74 Å². The van der Waals surface area contributed by atoms with E-state index in [1.807, 2.05) is 37.3 Å². The van der Waals surface area contributed by atoms with E-state index in [9.17, 15) is 10.1 Å². The molecule has 0 aliphatic carbocycles. The Morgan fingerprint density at radius 2 is 1.92 bits per heavy atom. The van der Waals surface area contributed by atoms with Crippen molar-refractivity contribution in [3.63, 3.8) is 0 Å². The van der Waals surface area contributed by atoms with Gasteiger partial charge in [-0.2, -0.15) is 0 Å². The minimum absolute atomic E-state index is 0.0904. The van der Waals surface area contributed by atoms with Gasteiger partial charge in [-0.1, -0.05) is 6.07 Å². The van der Waals surface area contributed by atoms with Crippen molar-refractivity contribution in [1.29, 1.82) is 0 Å². The second kappa shape index (κ2) is 6.16. The van der Waals surface area contributed by atoms with Crippen LogP contribution in [-0.2, 0) is 0 Å². The molecule has 0 spiro atoms. The molecule has 0 atom stereocenters. The molecule has 0 fully saturated rings. The third-order valence-corrected chi connectivity index (χ3v) is 3.83. The summed E-state index contributed by atoms with van der Waals surface area (Å²) < 4.78 is 5.28. The minimum Gasteiger partial charge on any atom is -0.497 e. The third kappa shape index (κ3) is 2.99. The highest BCUT2D eigenvalue weighted by molar-refractivity contribution is 5.94. The second-order valence-corrected chi connectivity index (χ2v) is 5.58. The van der Waals surface area contributed by atoms with Gasteiger partial charge < -0.3 is 10.1 Å². The number of nitro groups is 1. The van der Waals surface area contributed by atoms with Crippen LogP contribution in [0.4, 0.5) is 17.1 Å². The Kier molecular flexibility index (Phi) is 4.04. The molecule has 0 bridgehead atoms. The zero-order chi connectivity index (χ0) is 17.3. The molecule has 6 nitrogen and oxygen atoms in total. The molecule has 0 radical (unpaired) electrons. The summed E-state index contributed by atoms with van der Waals surface area (Å²) in [5.41, 5.74) is 3.89. The zero-order valence-corrected chi connectivity index (χ0v) is 13.7. The number of anilines is 2. The van der Waals surface area contributed by atoms with Gasteiger partial charge in [0.1, 0.15) is 5.75 Å². The average molecular weight is 323 g/mol. The van der Waals surface area contributed by atoms with Crippen LogP contribution in [0.5, 0.6) is 5.75 Å². The predicted molar refractivity (Wildman–Crippen MR) is 94.1 cm³/mol. The molecule has 1 N–H and O–H groups in total. The van der Waals surface area contributed by atoms with E-state index >= 15 is 0 Å². The average Bonchev–Trinajstić information content (AvgIpc) is 2.56. The maximum absolute atomic E-state index is 11.1. The maximum atomic E-state index is 11.1. The van der Waals surface area contributed by atoms with E-state index in [-0.39, 0.29) is 10.6 Å². The fraction of sp³-hybridized carbons (Fsp3) is 0.167. The molecule has 0 aliphatic heterocycles. The van der Waals surface area contributed by atoms with Crippen LogP contribution >= 0.6 is 0 Å². The van der Waals surface area contributed by atoms with Crippen molar-refractivity contribution in [2.24, 2.45) is 0 Å². The van der Waals surface area contributed by atoms with E-state index in [1.165, 1.54) is 6.07 Å². The first-order valence-corrected chi connectivity index (χ1v) is 7.45. The van der Waals surface area contributed by atoms with Gasteiger partial charge in [-0.3, -0.25) is 15.1 Å². The lowest BCUT2D eigenvalue weighted by Gasteiger charge is -2.12. The smallest absolute Gasteiger partial charge is 0.274 e. The largest absolute Gasteiger partial charge is 0.497 e. The first-order valence-electron chi connectivity index (χ1n) is 7.45. The Morgan fingerprint density at radius 3 is 2.62 bits per heavy atom. The first kappa shape index (κ1) is 15.7. The van der Waals surface area contributed by atoms with Gasteiger partial charge in [0.05, 0.1) is 17.5 Å². The zero-order valence-electron chi connectivity index (χ0n) is 13.7. The standard InChI is InChI=1S/C18H17N3O3/c1-11-4-5-13(9-18(11)21(22)23)20-17-8-12(2)19-16-7-6-14(24-3)10-15(16)17/h4-10H,1-3H3,(H,19,20). The fourth-order valence-corrected chi connectivity index (χ4v) is 2.61. The number of aryl methyl sites for hydroxylation is 2. The van der Waals surface area contributed by atoms with Crippen molar-refractivity contribution < 1.29 is 9.66 Å². The summed E-state index contributed by atoms with van der Waals surface area (Å²) in [5.74, 6) is 0.728. The van der Waals surface area contributed by atoms with Crippen LogP contribution in [0.15, 0.2) is 42.5 Å². The van der Waals surface area contributed by atoms with Gasteiger partial charge in [-0.15, -0.1) is 0 Å². The monoisotopic (exact) mass is 323 g/mol. The van der Waals surface area contributed by atoms with Crippen LogP contribution < -0.4 is 10.1 Å². The van der Waals surface area contributed by atoms with Gasteiger partial charge in [-0.05, 0) is 44.2 Å². The van der Waals surface area contributed by atoms with E-state index in [0.29, 0.717) is 11.3 Å². The van der Waals surface area contributed by atoms with E-state index in [1.54, 1.807) is 20.1 Å². The molecule has 0 aliphatic rings. The number of rotatable bonds is 4. The number of nitro benzene ring substituents is 1. The number of benzene rings is 2. The highest BCUT2D eigenvalue weighted by atomic mass is 16.6. The SMILES string of the molecule is COc1ccc2nc(C)cc(Nc3ccc(C)c([N+](=O)[O-])c3)c2c1. The quantitative estimate of drug-likeness (QED) is 0.564. The molecular weight excluding hydrogens is 306 g/mol. The van der Waals surface area contributed by atoms with Gasteiger partial charge >= 0.3 is 0 Å². The normalized spacial score (nSPS) is 10.6. The lowest BCUT2D eigenvalue weighted by atomic mass is 10.1. The van der Waals surface area contributed by atoms with E-state index < -0.39 is 0 Å². The van der Waals surface area contributed by atoms with E-state index in [2.05, 4.69) is 10.3 Å². The van der Waals surface area contributed by atoms with Gasteiger partial charge in [0.15, 0.2) is 0 Å². The van der Waals surface area contributed by atoms with Crippen LogP contribution in [-0.4, -0.2) is 17.0 Å². The molecule has 3 aromatic rings. The molecule has 6 heteroatoms. The lowest BCUT2D eigenvalue weighted by Crippen LogP contribution is -1.97. The van der Waals surface area contributed by atoms with E-state index in [0.717, 1.165) is 28.0 Å². The first-order chi connectivity index (χ1) is 11.5. The number of pyridine rings is 1. The highest BCUT2D eigenvalue weighted by Gasteiger charge is 2.12. The number of fused-ring (bicyclic) bond motifs is 1. The van der Waals surface area contributed by atoms with Crippen molar-refractivity contribution in [1.82, 2.24) is 4.98 Å². The fourth-order valence-electron chi connectivity index (χ4n) is 2.61. The Labute approximate surface area is 139 Å². The summed E-state index contributed by atoms with van der Waals surface area (Å²) in [4.78, 5) is 15.3. The van der Waals surface area contributed by atoms with Crippen molar-refractivity contribution in [2.45, 2.75) is 13.8 Å². The predicted octanol–water partition coefficient (Wildman–Crippen LogP) is 4.51. The molecule has 1 heterocycles. The molecule has 3 rings (SSSR count). The summed E-state index contributed by atoms with van der Waals surface area (Å²) in [7, 11) is 1.61. The Bertz CT molecular complexity index is 938. The Hall–Kier alpha value is -3.15. The summed E-state index contributed by atoms with van der Waals surface area (Å²) in [6, 6.07) is 12.7. The summed E-state index contributed by atoms with van der Waals surface area (Å²) in [5, 5.41) is 15.3. The van der Waals surface area contributed by atoms with Crippen LogP contribution in [0.25, 0.3) is 10.9 Å². The van der Waals surface area contributed by atoms with Crippen LogP contribution in [0.3, 0.4) is 0 Å². The van der Waals surface area contributed by atoms with Crippen LogP contribution in [0, 0.1) is 24.0 Å². The van der Waals surface area contributed by atoms with Gasteiger partial charge in [0, 0.05) is 34.1 Å². The van der Waals surface area contributed by atoms with Crippen LogP contribution in [0.1, 0.15) is 11.3 Å². The van der Waals surface area contributed by atoms with Gasteiger partial charge in [-0.25, -0.2) is 0 Å². The minimum atomic E-state index is -0.376. The molecule has 0 unspecified atom stereocenters. The molecular formula is C18H17N3O3. The number of ether oxygens (including phenoxy) is 1. The highest BCUT2D eigenvalue weighted by Crippen LogP contribution is 2.31. The van der Waals surface area contributed by atoms with Crippen molar-refractivity contribution in [2.75, 3.05) is 12.4 Å². The number of hydrogen-bond donors (Lipinski definition) is 1. The second-order valence-electron chi connectivity index (χ2n) is 5.58. The van der Waals surface area contributed by atoms with Gasteiger partial charge in [0.25, 0.3) is 5.69 Å². The number of hydrogen-bond acceptors (Lipinski definition) is 5. The molecule has 0 saturated heterocycles. The number of methoxy groups -OCH3 is 1. The molecule has 1 aromatic heterocycles. The van der Waals surface area contributed by atoms with Crippen molar-refractivity contribution >= 4 is 28.0 Å². The van der Waals surface area contributed by atoms with Crippen LogP contribution in [0.2, 0.25) is 0 Å². The maximum Gasteiger partial charge on any atom is 0.274 e. The third-order valence-electron chi connectivity index (χ3n) is 3.83. The number of nitrogens with zero attached hydrogens (tertiary/aromatic N) is 2. The Morgan fingerprint density at radius 1 is 1.12 bits per heavy atom. The van der Waals surface area contributed by atoms with Crippen molar-refractivity contribution in [3.05, 3.63) is 63.8 Å². The topological polar surface area (TPSA) is 77.3 Å². The number of aromatic nitrogens is 1. The molecule has 0 amide bonds. The molecule has 24 heavy (non-hydrogen) atoms.